The normalized spacial score (nSPS) is 10.5. The van der Waals surface area contributed by atoms with Gasteiger partial charge in [-0.05, 0) is 0 Å². The third-order valence-electron chi connectivity index (χ3n) is 2.18. The first-order valence-electron chi connectivity index (χ1n) is 5.11. The van der Waals surface area contributed by atoms with Gasteiger partial charge in [-0.25, -0.2) is 10.1 Å². The van der Waals surface area contributed by atoms with Crippen molar-refractivity contribution in [2.75, 3.05) is 5.32 Å². The summed E-state index contributed by atoms with van der Waals surface area (Å²) in [5.41, 5.74) is 0.0185. The predicted molar refractivity (Wildman–Crippen MR) is 63.1 cm³/mol. The smallest absolute Gasteiger partial charge is 0.285 e. The van der Waals surface area contributed by atoms with Gasteiger partial charge in [0, 0.05) is 6.42 Å². The molecule has 2 heterocycles. The van der Waals surface area contributed by atoms with Gasteiger partial charge in [0.2, 0.25) is 5.89 Å². The number of hydrogen-bond donors (Lipinski definition) is 2. The van der Waals surface area contributed by atoms with Crippen LogP contribution in [-0.2, 0) is 13.0 Å². The van der Waals surface area contributed by atoms with E-state index in [1.54, 1.807) is 6.20 Å². The molecule has 0 fully saturated rings. The van der Waals surface area contributed by atoms with Crippen molar-refractivity contribution in [2.24, 2.45) is 0 Å². The van der Waals surface area contributed by atoms with Crippen LogP contribution in [0.3, 0.4) is 0 Å². The van der Waals surface area contributed by atoms with Crippen LogP contribution < -0.4 is 10.9 Å². The maximum absolute atomic E-state index is 11.2. The number of nitrogens with one attached hydrogen (secondary N) is 2. The summed E-state index contributed by atoms with van der Waals surface area (Å²) in [6, 6.07) is 0. The van der Waals surface area contributed by atoms with Crippen LogP contribution in [0.1, 0.15) is 18.6 Å². The van der Waals surface area contributed by atoms with Crippen molar-refractivity contribution < 1.29 is 4.42 Å². The summed E-state index contributed by atoms with van der Waals surface area (Å²) in [7, 11) is 0. The Morgan fingerprint density at radius 2 is 2.35 bits per heavy atom. The van der Waals surface area contributed by atoms with E-state index in [4.69, 9.17) is 16.0 Å². The van der Waals surface area contributed by atoms with Crippen LogP contribution in [-0.4, -0.2) is 15.2 Å². The van der Waals surface area contributed by atoms with Gasteiger partial charge in [-0.1, -0.05) is 18.5 Å². The quantitative estimate of drug-likeness (QED) is 0.866. The van der Waals surface area contributed by atoms with Gasteiger partial charge < -0.3 is 9.73 Å². The average Bonchev–Trinajstić information content (AvgIpc) is 2.79. The van der Waals surface area contributed by atoms with Crippen LogP contribution in [0.4, 0.5) is 5.69 Å². The maximum atomic E-state index is 11.2. The Bertz CT molecular complexity index is 563. The molecule has 0 spiro atoms. The minimum absolute atomic E-state index is 0.0715. The molecule has 0 unspecified atom stereocenters. The highest BCUT2D eigenvalue weighted by atomic mass is 35.5. The molecule has 0 atom stereocenters. The summed E-state index contributed by atoms with van der Waals surface area (Å²) in [6.07, 6.45) is 3.91. The molecule has 6 nitrogen and oxygen atoms in total. The Kier molecular flexibility index (Phi) is 3.43. The molecule has 0 aliphatic rings. The summed E-state index contributed by atoms with van der Waals surface area (Å²) >= 11 is 5.79. The first kappa shape index (κ1) is 11.7. The predicted octanol–water partition coefficient (Wildman–Crippen LogP) is 1.59. The zero-order valence-corrected chi connectivity index (χ0v) is 9.91. The van der Waals surface area contributed by atoms with E-state index in [-0.39, 0.29) is 5.02 Å². The first-order valence-corrected chi connectivity index (χ1v) is 5.49. The molecule has 0 saturated heterocycles. The second kappa shape index (κ2) is 5.01. The van der Waals surface area contributed by atoms with Crippen LogP contribution in [0, 0.1) is 0 Å². The van der Waals surface area contributed by atoms with Crippen molar-refractivity contribution in [3.05, 3.63) is 39.4 Å². The molecule has 0 radical (unpaired) electrons. The average molecular weight is 255 g/mol. The number of oxazole rings is 1. The van der Waals surface area contributed by atoms with Gasteiger partial charge in [-0.2, -0.15) is 5.10 Å². The molecule has 0 bridgehead atoms. The minimum Gasteiger partial charge on any atom is -0.444 e. The van der Waals surface area contributed by atoms with Gasteiger partial charge in [-0.15, -0.1) is 0 Å². The lowest BCUT2D eigenvalue weighted by Gasteiger charge is -2.03. The van der Waals surface area contributed by atoms with Gasteiger partial charge in [0.25, 0.3) is 5.56 Å². The number of rotatable bonds is 4. The van der Waals surface area contributed by atoms with Gasteiger partial charge >= 0.3 is 0 Å². The molecule has 2 N–H and O–H groups in total. The minimum atomic E-state index is -0.432. The zero-order chi connectivity index (χ0) is 12.3. The van der Waals surface area contributed by atoms with Gasteiger partial charge in [0.1, 0.15) is 10.8 Å². The molecule has 0 saturated carbocycles. The summed E-state index contributed by atoms with van der Waals surface area (Å²) in [6.45, 7) is 2.33. The topological polar surface area (TPSA) is 83.8 Å². The standard InChI is InChI=1S/C10H11ClN4O2/c1-2-6-3-13-8(17-6)5-12-7-4-14-15-10(16)9(7)11/h3-4H,2,5H2,1H3,(H2,12,15,16). The number of hydrogen-bond acceptors (Lipinski definition) is 5. The van der Waals surface area contributed by atoms with Gasteiger partial charge in [-0.3, -0.25) is 4.79 Å². The van der Waals surface area contributed by atoms with Crippen LogP contribution in [0.15, 0.2) is 21.6 Å². The Balaban J connectivity index is 2.07. The highest BCUT2D eigenvalue weighted by Gasteiger charge is 2.06. The fourth-order valence-corrected chi connectivity index (χ4v) is 1.43. The van der Waals surface area contributed by atoms with E-state index in [2.05, 4.69) is 20.5 Å². The number of aromatic amines is 1. The van der Waals surface area contributed by atoms with Crippen molar-refractivity contribution in [2.45, 2.75) is 19.9 Å². The molecule has 2 rings (SSSR count). The molecular weight excluding hydrogens is 244 g/mol. The van der Waals surface area contributed by atoms with Gasteiger partial charge in [0.15, 0.2) is 0 Å². The maximum Gasteiger partial charge on any atom is 0.285 e. The third kappa shape index (κ3) is 2.65. The second-order valence-electron chi connectivity index (χ2n) is 3.35. The lowest BCUT2D eigenvalue weighted by Crippen LogP contribution is -2.11. The monoisotopic (exact) mass is 254 g/mol. The van der Waals surface area contributed by atoms with Crippen LogP contribution in [0.25, 0.3) is 0 Å². The second-order valence-corrected chi connectivity index (χ2v) is 3.73. The van der Waals surface area contributed by atoms with Crippen LogP contribution >= 0.6 is 11.6 Å². The largest absolute Gasteiger partial charge is 0.444 e. The Hall–Kier alpha value is -1.82. The lowest BCUT2D eigenvalue weighted by atomic mass is 10.4. The van der Waals surface area contributed by atoms with Crippen molar-refractivity contribution in [3.63, 3.8) is 0 Å². The SMILES string of the molecule is CCc1cnc(CNc2cn[nH]c(=O)c2Cl)o1. The molecule has 2 aromatic rings. The molecule has 17 heavy (non-hydrogen) atoms. The number of halogens is 1. The van der Waals surface area contributed by atoms with E-state index in [9.17, 15) is 4.79 Å². The Morgan fingerprint density at radius 3 is 3.06 bits per heavy atom. The molecule has 7 heteroatoms. The van der Waals surface area contributed by atoms with E-state index >= 15 is 0 Å². The Labute approximate surface area is 102 Å². The molecule has 0 aliphatic carbocycles. The molecule has 0 aromatic carbocycles. The number of nitrogens with zero attached hydrogens (tertiary/aromatic N) is 2. The summed E-state index contributed by atoms with van der Waals surface area (Å²) in [4.78, 5) is 15.2. The highest BCUT2D eigenvalue weighted by molar-refractivity contribution is 6.32. The summed E-state index contributed by atoms with van der Waals surface area (Å²) in [5.74, 6) is 1.36. The van der Waals surface area contributed by atoms with Gasteiger partial charge in [0.05, 0.1) is 24.6 Å². The summed E-state index contributed by atoms with van der Waals surface area (Å²) < 4.78 is 5.40. The zero-order valence-electron chi connectivity index (χ0n) is 9.16. The van der Waals surface area contributed by atoms with E-state index in [0.29, 0.717) is 18.1 Å². The molecular formula is C10H11ClN4O2. The molecule has 0 aliphatic heterocycles. The van der Waals surface area contributed by atoms with Crippen molar-refractivity contribution in [3.8, 4) is 0 Å². The number of aryl methyl sites for hydroxylation is 1. The fraction of sp³-hybridized carbons (Fsp3) is 0.300. The number of aromatic nitrogens is 3. The van der Waals surface area contributed by atoms with Crippen molar-refractivity contribution in [1.29, 1.82) is 0 Å². The van der Waals surface area contributed by atoms with Crippen molar-refractivity contribution in [1.82, 2.24) is 15.2 Å². The lowest BCUT2D eigenvalue weighted by molar-refractivity contribution is 0.466. The van der Waals surface area contributed by atoms with E-state index < -0.39 is 5.56 Å². The number of anilines is 1. The highest BCUT2D eigenvalue weighted by Crippen LogP contribution is 2.15. The summed E-state index contributed by atoms with van der Waals surface area (Å²) in [5, 5.41) is 8.89. The van der Waals surface area contributed by atoms with Crippen molar-refractivity contribution >= 4 is 17.3 Å². The van der Waals surface area contributed by atoms with Crippen LogP contribution in [0.5, 0.6) is 0 Å². The fourth-order valence-electron chi connectivity index (χ4n) is 1.27. The van der Waals surface area contributed by atoms with Crippen LogP contribution in [0.2, 0.25) is 5.02 Å². The van der Waals surface area contributed by atoms with E-state index in [1.807, 2.05) is 6.92 Å². The Morgan fingerprint density at radius 1 is 1.53 bits per heavy atom. The van der Waals surface area contributed by atoms with E-state index in [1.165, 1.54) is 6.20 Å². The van der Waals surface area contributed by atoms with E-state index in [0.717, 1.165) is 12.2 Å². The number of H-pyrrole nitrogens is 1. The third-order valence-corrected chi connectivity index (χ3v) is 2.55. The molecule has 0 amide bonds. The molecule has 2 aromatic heterocycles. The molecule has 90 valence electrons. The first-order chi connectivity index (χ1) is 8.20.